The molecule has 0 radical (unpaired) electrons. The minimum Gasteiger partial charge on any atom is -0.504 e. The predicted octanol–water partition coefficient (Wildman–Crippen LogP) is 6.31. The SMILES string of the molecule is C#C.CC(C)C.CCN(CC)S(=O)c1scc(Nc2nsnc2NCc2ccc(C)s2)c1O. The van der Waals surface area contributed by atoms with Crippen LogP contribution in [0.15, 0.2) is 21.7 Å². The van der Waals surface area contributed by atoms with E-state index in [1.54, 1.807) is 21.0 Å². The molecule has 3 aromatic rings. The van der Waals surface area contributed by atoms with Crippen LogP contribution in [0.25, 0.3) is 0 Å². The van der Waals surface area contributed by atoms with E-state index in [1.807, 2.05) is 13.8 Å². The molecule has 1 unspecified atom stereocenters. The summed E-state index contributed by atoms with van der Waals surface area (Å²) in [6.45, 7) is 14.4. The maximum Gasteiger partial charge on any atom is 0.188 e. The first-order valence-electron chi connectivity index (χ1n) is 10.5. The van der Waals surface area contributed by atoms with Gasteiger partial charge in [0.2, 0.25) is 0 Å². The third kappa shape index (κ3) is 9.06. The number of terminal acetylenes is 1. The van der Waals surface area contributed by atoms with Crippen molar-refractivity contribution in [3.63, 3.8) is 0 Å². The summed E-state index contributed by atoms with van der Waals surface area (Å²) in [7, 11) is -1.38. The van der Waals surface area contributed by atoms with Crippen LogP contribution in [0.2, 0.25) is 0 Å². The number of nitrogens with one attached hydrogen (secondary N) is 2. The molecule has 3 rings (SSSR count). The Kier molecular flexibility index (Phi) is 13.2. The third-order valence-corrected chi connectivity index (χ3v) is 8.30. The van der Waals surface area contributed by atoms with Gasteiger partial charge in [0.1, 0.15) is 11.0 Å². The smallest absolute Gasteiger partial charge is 0.188 e. The van der Waals surface area contributed by atoms with Crippen LogP contribution in [0.3, 0.4) is 0 Å². The molecule has 3 heterocycles. The molecule has 0 aliphatic heterocycles. The Labute approximate surface area is 212 Å². The molecule has 11 heteroatoms. The van der Waals surface area contributed by atoms with E-state index in [0.717, 1.165) is 17.6 Å². The van der Waals surface area contributed by atoms with Gasteiger partial charge in [-0.1, -0.05) is 34.6 Å². The van der Waals surface area contributed by atoms with E-state index in [9.17, 15) is 9.32 Å². The fraction of sp³-hybridized carbons (Fsp3) is 0.455. The molecule has 0 fully saturated rings. The van der Waals surface area contributed by atoms with Crippen molar-refractivity contribution in [2.75, 3.05) is 23.7 Å². The number of hydrogen-bond acceptors (Lipinski definition) is 9. The molecule has 0 saturated carbocycles. The van der Waals surface area contributed by atoms with Gasteiger partial charge in [0.15, 0.2) is 21.6 Å². The minimum atomic E-state index is -1.38. The van der Waals surface area contributed by atoms with Crippen LogP contribution in [-0.4, -0.2) is 35.5 Å². The lowest BCUT2D eigenvalue weighted by Gasteiger charge is -2.15. The zero-order valence-corrected chi connectivity index (χ0v) is 23.2. The van der Waals surface area contributed by atoms with Crippen LogP contribution in [0.5, 0.6) is 5.75 Å². The summed E-state index contributed by atoms with van der Waals surface area (Å²) in [5.74, 6) is 2.00. The average molecular weight is 528 g/mol. The van der Waals surface area contributed by atoms with Gasteiger partial charge < -0.3 is 15.7 Å². The van der Waals surface area contributed by atoms with E-state index in [0.29, 0.717) is 41.2 Å². The van der Waals surface area contributed by atoms with Crippen LogP contribution in [0.4, 0.5) is 17.3 Å². The number of rotatable bonds is 9. The highest BCUT2D eigenvalue weighted by molar-refractivity contribution is 7.85. The topological polar surface area (TPSA) is 90.4 Å². The van der Waals surface area contributed by atoms with Crippen molar-refractivity contribution in [2.24, 2.45) is 5.92 Å². The molecule has 7 nitrogen and oxygen atoms in total. The van der Waals surface area contributed by atoms with Crippen LogP contribution < -0.4 is 10.6 Å². The Hall–Kier alpha value is -1.97. The van der Waals surface area contributed by atoms with Crippen molar-refractivity contribution >= 4 is 62.7 Å². The van der Waals surface area contributed by atoms with Gasteiger partial charge in [-0.25, -0.2) is 8.51 Å². The lowest BCUT2D eigenvalue weighted by atomic mass is 10.3. The summed E-state index contributed by atoms with van der Waals surface area (Å²) < 4.78 is 23.4. The summed E-state index contributed by atoms with van der Waals surface area (Å²) in [4.78, 5) is 2.47. The standard InChI is InChI=1S/C16H21N5O2S4.C4H10.C2H2/c1-4-21(5-2)27(23)16-13(22)12(9-24-16)18-15-14(19-26-20-15)17-8-11-7-6-10(3)25-11;1-4(2)3;1-2/h6-7,9,22H,4-5,8H2,1-3H3,(H,17,19)(H,18,20);4H,1-3H3;1-2H. The van der Waals surface area contributed by atoms with E-state index in [4.69, 9.17) is 0 Å². The molecule has 0 aromatic carbocycles. The highest BCUT2D eigenvalue weighted by Gasteiger charge is 2.21. The fourth-order valence-corrected chi connectivity index (χ4v) is 6.09. The Balaban J connectivity index is 0.000000820. The number of aromatic hydroxyl groups is 1. The Morgan fingerprint density at radius 2 is 1.76 bits per heavy atom. The zero-order valence-electron chi connectivity index (χ0n) is 19.9. The lowest BCUT2D eigenvalue weighted by Crippen LogP contribution is -2.24. The van der Waals surface area contributed by atoms with Crippen LogP contribution in [-0.2, 0) is 17.5 Å². The van der Waals surface area contributed by atoms with Gasteiger partial charge in [-0.3, -0.25) is 0 Å². The first-order chi connectivity index (χ1) is 15.8. The number of aromatic nitrogens is 2. The molecule has 0 aliphatic rings. The van der Waals surface area contributed by atoms with E-state index in [-0.39, 0.29) is 5.75 Å². The second-order valence-electron chi connectivity index (χ2n) is 7.33. The Morgan fingerprint density at radius 3 is 2.30 bits per heavy atom. The highest BCUT2D eigenvalue weighted by Crippen LogP contribution is 2.39. The Bertz CT molecular complexity index is 1000. The fourth-order valence-electron chi connectivity index (χ4n) is 2.39. The van der Waals surface area contributed by atoms with Gasteiger partial charge in [-0.15, -0.1) is 35.5 Å². The maximum atomic E-state index is 12.6. The molecular formula is C22H33N5O2S4. The zero-order chi connectivity index (χ0) is 25.0. The molecule has 3 aromatic heterocycles. The molecule has 1 atom stereocenters. The van der Waals surface area contributed by atoms with E-state index in [1.165, 1.54) is 21.1 Å². The molecular weight excluding hydrogens is 495 g/mol. The largest absolute Gasteiger partial charge is 0.504 e. The van der Waals surface area contributed by atoms with Crippen molar-refractivity contribution in [3.05, 3.63) is 27.3 Å². The van der Waals surface area contributed by atoms with Crippen molar-refractivity contribution in [1.82, 2.24) is 13.1 Å². The number of nitrogens with zero attached hydrogens (tertiary/aromatic N) is 3. The second-order valence-corrected chi connectivity index (χ2v) is 11.8. The maximum absolute atomic E-state index is 12.6. The molecule has 0 aliphatic carbocycles. The molecule has 0 saturated heterocycles. The van der Waals surface area contributed by atoms with Gasteiger partial charge in [0, 0.05) is 28.2 Å². The number of hydrogen-bond donors (Lipinski definition) is 3. The van der Waals surface area contributed by atoms with Gasteiger partial charge >= 0.3 is 0 Å². The van der Waals surface area contributed by atoms with Gasteiger partial charge in [-0.05, 0) is 25.0 Å². The molecule has 33 heavy (non-hydrogen) atoms. The highest BCUT2D eigenvalue weighted by atomic mass is 32.2. The molecule has 0 amide bonds. The van der Waals surface area contributed by atoms with Crippen molar-refractivity contribution in [2.45, 2.75) is 52.3 Å². The molecule has 3 N–H and O–H groups in total. The van der Waals surface area contributed by atoms with E-state index in [2.05, 4.69) is 72.1 Å². The molecule has 0 spiro atoms. The lowest BCUT2D eigenvalue weighted by molar-refractivity contribution is 0.459. The summed E-state index contributed by atoms with van der Waals surface area (Å²) in [5.41, 5.74) is 0.484. The van der Waals surface area contributed by atoms with Gasteiger partial charge in [-0.2, -0.15) is 8.75 Å². The average Bonchev–Trinajstić information content (AvgIpc) is 3.50. The number of aryl methyl sites for hydroxylation is 1. The summed E-state index contributed by atoms with van der Waals surface area (Å²) in [6.07, 6.45) is 8.00. The molecule has 182 valence electrons. The van der Waals surface area contributed by atoms with Crippen molar-refractivity contribution in [3.8, 4) is 18.6 Å². The van der Waals surface area contributed by atoms with Crippen molar-refractivity contribution in [1.29, 1.82) is 0 Å². The van der Waals surface area contributed by atoms with Crippen molar-refractivity contribution < 1.29 is 9.32 Å². The first kappa shape index (κ1) is 29.1. The molecule has 0 bridgehead atoms. The van der Waals surface area contributed by atoms with E-state index < -0.39 is 11.0 Å². The summed E-state index contributed by atoms with van der Waals surface area (Å²) >= 11 is 4.09. The third-order valence-electron chi connectivity index (χ3n) is 3.80. The van der Waals surface area contributed by atoms with Gasteiger partial charge in [0.05, 0.1) is 24.0 Å². The van der Waals surface area contributed by atoms with Crippen LogP contribution >= 0.6 is 34.4 Å². The number of anilines is 3. The quantitative estimate of drug-likeness (QED) is 0.283. The second kappa shape index (κ2) is 15.0. The monoisotopic (exact) mass is 527 g/mol. The summed E-state index contributed by atoms with van der Waals surface area (Å²) in [6, 6.07) is 4.17. The normalized spacial score (nSPS) is 11.3. The van der Waals surface area contributed by atoms with Crippen LogP contribution in [0.1, 0.15) is 44.4 Å². The van der Waals surface area contributed by atoms with Gasteiger partial charge in [0.25, 0.3) is 0 Å². The summed E-state index contributed by atoms with van der Waals surface area (Å²) in [5, 5.41) is 18.6. The van der Waals surface area contributed by atoms with E-state index >= 15 is 0 Å². The predicted molar refractivity (Wildman–Crippen MR) is 145 cm³/mol. The Morgan fingerprint density at radius 1 is 1.15 bits per heavy atom. The minimum absolute atomic E-state index is 0.00179. The number of thiophene rings is 2. The van der Waals surface area contributed by atoms with Crippen LogP contribution in [0, 0.1) is 25.7 Å². The first-order valence-corrected chi connectivity index (χ1v) is 14.0.